The number of carbonyl (C=O) groups is 4. The molecule has 0 bridgehead atoms. The molecule has 192 valence electrons. The number of amides is 5. The van der Waals surface area contributed by atoms with Gasteiger partial charge in [0.1, 0.15) is 5.54 Å². The fraction of sp³-hybridized carbons (Fsp3) is 0.429. The molecule has 2 aromatic rings. The number of likely N-dealkylation sites (tertiary alicyclic amines) is 1. The van der Waals surface area contributed by atoms with Crippen LogP contribution in [0.2, 0.25) is 5.02 Å². The van der Waals surface area contributed by atoms with Crippen molar-refractivity contribution < 1.29 is 19.2 Å². The lowest BCUT2D eigenvalue weighted by Gasteiger charge is -2.37. The standard InChI is InChI=1S/C28H27BrClN3O4/c1-2-28-22-21(24(34)31(25(22)35)19-8-4-3-5-9-19)23(16-11-13-18(30)14-12-16)33(28)27(37)32(26(28)36)20-10-6-7-17(29)15-20/h6-7,10-15,19,21-23H,2-5,8-9H2,1H3/t21-,22-,23-,28-/m1/s1. The van der Waals surface area contributed by atoms with Crippen LogP contribution in [0.4, 0.5) is 10.5 Å². The zero-order chi connectivity index (χ0) is 26.1. The van der Waals surface area contributed by atoms with Crippen molar-refractivity contribution in [3.8, 4) is 0 Å². The first-order valence-corrected chi connectivity index (χ1v) is 14.0. The molecule has 7 nitrogen and oxygen atoms in total. The van der Waals surface area contributed by atoms with Crippen LogP contribution in [0.1, 0.15) is 57.1 Å². The van der Waals surface area contributed by atoms with Crippen LogP contribution in [0, 0.1) is 11.8 Å². The van der Waals surface area contributed by atoms with E-state index >= 15 is 0 Å². The van der Waals surface area contributed by atoms with E-state index in [4.69, 9.17) is 11.6 Å². The van der Waals surface area contributed by atoms with Gasteiger partial charge in [0.25, 0.3) is 5.91 Å². The Bertz CT molecular complexity index is 1310. The quantitative estimate of drug-likeness (QED) is 0.341. The smallest absolute Gasteiger partial charge is 0.300 e. The van der Waals surface area contributed by atoms with E-state index in [-0.39, 0.29) is 24.3 Å². The lowest BCUT2D eigenvalue weighted by Crippen LogP contribution is -2.54. The molecule has 9 heteroatoms. The van der Waals surface area contributed by atoms with Gasteiger partial charge in [0.05, 0.1) is 23.6 Å². The highest BCUT2D eigenvalue weighted by atomic mass is 79.9. The summed E-state index contributed by atoms with van der Waals surface area (Å²) >= 11 is 9.60. The minimum atomic E-state index is -1.44. The van der Waals surface area contributed by atoms with E-state index < -0.39 is 35.4 Å². The highest BCUT2D eigenvalue weighted by molar-refractivity contribution is 9.10. The van der Waals surface area contributed by atoms with Gasteiger partial charge in [-0.2, -0.15) is 0 Å². The number of rotatable bonds is 4. The van der Waals surface area contributed by atoms with Crippen molar-refractivity contribution in [1.29, 1.82) is 0 Å². The van der Waals surface area contributed by atoms with Gasteiger partial charge in [-0.3, -0.25) is 19.3 Å². The van der Waals surface area contributed by atoms with Gasteiger partial charge >= 0.3 is 6.03 Å². The van der Waals surface area contributed by atoms with E-state index in [0.29, 0.717) is 16.3 Å². The zero-order valence-corrected chi connectivity index (χ0v) is 22.7. The van der Waals surface area contributed by atoms with E-state index in [1.54, 1.807) is 42.5 Å². The Morgan fingerprint density at radius 2 is 1.68 bits per heavy atom. The molecule has 3 aliphatic heterocycles. The average Bonchev–Trinajstić information content (AvgIpc) is 3.43. The molecule has 1 aliphatic carbocycles. The summed E-state index contributed by atoms with van der Waals surface area (Å²) in [7, 11) is 0. The molecule has 6 rings (SSSR count). The molecule has 3 heterocycles. The number of nitrogens with zero attached hydrogens (tertiary/aromatic N) is 3. The van der Waals surface area contributed by atoms with Gasteiger partial charge in [-0.05, 0) is 55.2 Å². The SMILES string of the molecule is CC[C@@]12C(=O)N(c3cccc(Br)c3)C(=O)N1[C@H](c1ccc(Cl)cc1)[C@@H]1C(=O)N(C3CCCCC3)C(=O)[C@@H]12. The Labute approximate surface area is 228 Å². The molecule has 1 saturated carbocycles. The molecule has 2 aromatic carbocycles. The Morgan fingerprint density at radius 3 is 2.32 bits per heavy atom. The van der Waals surface area contributed by atoms with Crippen LogP contribution in [-0.4, -0.2) is 45.1 Å². The maximum atomic E-state index is 14.3. The highest BCUT2D eigenvalue weighted by Crippen LogP contribution is 2.60. The van der Waals surface area contributed by atoms with E-state index in [9.17, 15) is 19.2 Å². The first-order chi connectivity index (χ1) is 17.8. The summed E-state index contributed by atoms with van der Waals surface area (Å²) < 4.78 is 0.728. The van der Waals surface area contributed by atoms with Crippen LogP contribution in [0.3, 0.4) is 0 Å². The van der Waals surface area contributed by atoms with Gasteiger partial charge in [0.2, 0.25) is 11.8 Å². The lowest BCUT2D eigenvalue weighted by atomic mass is 9.77. The van der Waals surface area contributed by atoms with Crippen molar-refractivity contribution >= 4 is 57.0 Å². The molecule has 0 radical (unpaired) electrons. The summed E-state index contributed by atoms with van der Waals surface area (Å²) in [5.41, 5.74) is -0.317. The summed E-state index contributed by atoms with van der Waals surface area (Å²) in [6, 6.07) is 12.6. The van der Waals surface area contributed by atoms with Gasteiger partial charge in [0.15, 0.2) is 0 Å². The number of hydrogen-bond donors (Lipinski definition) is 0. The molecular weight excluding hydrogens is 558 g/mol. The third kappa shape index (κ3) is 3.37. The average molecular weight is 585 g/mol. The topological polar surface area (TPSA) is 78.0 Å². The van der Waals surface area contributed by atoms with Crippen LogP contribution >= 0.6 is 27.5 Å². The highest BCUT2D eigenvalue weighted by Gasteiger charge is 2.77. The summed E-state index contributed by atoms with van der Waals surface area (Å²) in [5, 5.41) is 0.525. The number of anilines is 1. The van der Waals surface area contributed by atoms with Crippen molar-refractivity contribution in [3.63, 3.8) is 0 Å². The largest absolute Gasteiger partial charge is 0.332 e. The number of benzene rings is 2. The zero-order valence-electron chi connectivity index (χ0n) is 20.4. The summed E-state index contributed by atoms with van der Waals surface area (Å²) in [4.78, 5) is 60.8. The lowest BCUT2D eigenvalue weighted by molar-refractivity contribution is -0.147. The van der Waals surface area contributed by atoms with Crippen LogP contribution < -0.4 is 4.90 Å². The number of urea groups is 1. The van der Waals surface area contributed by atoms with Gasteiger partial charge < -0.3 is 4.90 Å². The predicted octanol–water partition coefficient (Wildman–Crippen LogP) is 5.71. The molecule has 0 aromatic heterocycles. The maximum absolute atomic E-state index is 14.3. The fourth-order valence-electron chi connectivity index (χ4n) is 7.11. The molecule has 0 unspecified atom stereocenters. The van der Waals surface area contributed by atoms with E-state index in [1.807, 2.05) is 13.0 Å². The summed E-state index contributed by atoms with van der Waals surface area (Å²) in [6.07, 6.45) is 4.82. The monoisotopic (exact) mass is 583 g/mol. The predicted molar refractivity (Wildman–Crippen MR) is 142 cm³/mol. The van der Waals surface area contributed by atoms with Gasteiger partial charge in [-0.1, -0.05) is 71.9 Å². The molecule has 4 aliphatic rings. The normalized spacial score (nSPS) is 29.9. The van der Waals surface area contributed by atoms with Crippen molar-refractivity contribution in [3.05, 3.63) is 63.6 Å². The van der Waals surface area contributed by atoms with Gasteiger partial charge in [-0.25, -0.2) is 9.69 Å². The first kappa shape index (κ1) is 24.6. The van der Waals surface area contributed by atoms with Crippen LogP contribution in [0.5, 0.6) is 0 Å². The number of halogens is 2. The second kappa shape index (κ2) is 8.95. The third-order valence-electron chi connectivity index (χ3n) is 8.68. The summed E-state index contributed by atoms with van der Waals surface area (Å²) in [5.74, 6) is -2.77. The molecule has 4 atom stereocenters. The van der Waals surface area contributed by atoms with E-state index in [0.717, 1.165) is 36.6 Å². The van der Waals surface area contributed by atoms with E-state index in [1.165, 1.54) is 14.7 Å². The Balaban J connectivity index is 1.53. The second-order valence-corrected chi connectivity index (χ2v) is 11.7. The molecular formula is C28H27BrClN3O4. The number of imide groups is 2. The van der Waals surface area contributed by atoms with Crippen molar-refractivity contribution in [2.24, 2.45) is 11.8 Å². The van der Waals surface area contributed by atoms with Gasteiger partial charge in [-0.15, -0.1) is 0 Å². The van der Waals surface area contributed by atoms with Crippen LogP contribution in [0.15, 0.2) is 53.0 Å². The number of carbonyl (C=O) groups excluding carboxylic acids is 4. The molecule has 5 amide bonds. The van der Waals surface area contributed by atoms with Crippen molar-refractivity contribution in [2.75, 3.05) is 4.90 Å². The number of fused-ring (bicyclic) bond motifs is 3. The number of hydrogen-bond acceptors (Lipinski definition) is 4. The van der Waals surface area contributed by atoms with Gasteiger partial charge in [0, 0.05) is 15.5 Å². The first-order valence-electron chi connectivity index (χ1n) is 12.9. The third-order valence-corrected chi connectivity index (χ3v) is 9.42. The minimum absolute atomic E-state index is 0.152. The Morgan fingerprint density at radius 1 is 0.973 bits per heavy atom. The molecule has 3 saturated heterocycles. The molecule has 37 heavy (non-hydrogen) atoms. The Kier molecular flexibility index (Phi) is 5.95. The molecule has 0 N–H and O–H groups in total. The second-order valence-electron chi connectivity index (χ2n) is 10.4. The van der Waals surface area contributed by atoms with Crippen molar-refractivity contribution in [1.82, 2.24) is 9.80 Å². The van der Waals surface area contributed by atoms with Crippen molar-refractivity contribution in [2.45, 2.75) is 63.1 Å². The maximum Gasteiger partial charge on any atom is 0.332 e. The Hall–Kier alpha value is -2.71. The van der Waals surface area contributed by atoms with E-state index in [2.05, 4.69) is 15.9 Å². The van der Waals surface area contributed by atoms with Crippen LogP contribution in [0.25, 0.3) is 0 Å². The molecule has 0 spiro atoms. The van der Waals surface area contributed by atoms with Crippen LogP contribution in [-0.2, 0) is 14.4 Å². The fourth-order valence-corrected chi connectivity index (χ4v) is 7.62. The summed E-state index contributed by atoms with van der Waals surface area (Å²) in [6.45, 7) is 1.82. The molecule has 4 fully saturated rings. The minimum Gasteiger partial charge on any atom is -0.300 e.